The second kappa shape index (κ2) is 4.24. The number of aliphatic imine (C=N–C) groups is 1. The van der Waals surface area contributed by atoms with Gasteiger partial charge < -0.3 is 0 Å². The summed E-state index contributed by atoms with van der Waals surface area (Å²) in [6, 6.07) is 0. The van der Waals surface area contributed by atoms with Crippen LogP contribution < -0.4 is 0 Å². The fourth-order valence-electron chi connectivity index (χ4n) is 0.454. The lowest BCUT2D eigenvalue weighted by molar-refractivity contribution is 0.501. The third kappa shape index (κ3) is 4.12. The molecule has 0 aliphatic rings. The van der Waals surface area contributed by atoms with Crippen molar-refractivity contribution in [1.82, 2.24) is 0 Å². The summed E-state index contributed by atoms with van der Waals surface area (Å²) in [7, 11) is 0. The number of allylic oxidation sites excluding steroid dienone is 2. The van der Waals surface area contributed by atoms with E-state index in [2.05, 4.69) is 45.8 Å². The van der Waals surface area contributed by atoms with E-state index in [0.29, 0.717) is 0 Å². The largest absolute Gasteiger partial charge is 0.261 e. The van der Waals surface area contributed by atoms with Crippen LogP contribution in [0.2, 0.25) is 0 Å². The Labute approximate surface area is 75.9 Å². The van der Waals surface area contributed by atoms with Crippen LogP contribution in [0.5, 0.6) is 0 Å². The first kappa shape index (κ1) is 11.2. The van der Waals surface area contributed by atoms with Gasteiger partial charge in [0.1, 0.15) is 0 Å². The summed E-state index contributed by atoms with van der Waals surface area (Å²) in [5, 5.41) is 0. The Bertz CT molecular complexity index is 204. The predicted octanol–water partition coefficient (Wildman–Crippen LogP) is 3.58. The third-order valence-electron chi connectivity index (χ3n) is 1.72. The molecule has 0 heterocycles. The zero-order valence-electron chi connectivity index (χ0n) is 8.65. The minimum Gasteiger partial charge on any atom is -0.261 e. The van der Waals surface area contributed by atoms with Crippen LogP contribution in [0.4, 0.5) is 0 Å². The smallest absolute Gasteiger partial charge is 0.0385 e. The fraction of sp³-hybridized carbons (Fsp3) is 0.545. The summed E-state index contributed by atoms with van der Waals surface area (Å²) in [4.78, 5) is 4.25. The molecule has 0 fully saturated rings. The fourth-order valence-corrected chi connectivity index (χ4v) is 0.454. The van der Waals surface area contributed by atoms with E-state index in [1.807, 2.05) is 0 Å². The quantitative estimate of drug-likeness (QED) is 0.567. The van der Waals surface area contributed by atoms with Crippen LogP contribution in [0.15, 0.2) is 29.4 Å². The predicted molar refractivity (Wildman–Crippen MR) is 56.5 cm³/mol. The lowest BCUT2D eigenvalue weighted by Crippen LogP contribution is -2.06. The second-order valence-corrected chi connectivity index (χ2v) is 3.97. The molecular weight excluding hydrogens is 146 g/mol. The van der Waals surface area contributed by atoms with Gasteiger partial charge in [-0.1, -0.05) is 40.9 Å². The Balaban J connectivity index is 4.19. The zero-order valence-corrected chi connectivity index (χ0v) is 8.65. The van der Waals surface area contributed by atoms with E-state index >= 15 is 0 Å². The van der Waals surface area contributed by atoms with Crippen molar-refractivity contribution in [2.75, 3.05) is 0 Å². The molecule has 0 saturated heterocycles. The Morgan fingerprint density at radius 1 is 1.33 bits per heavy atom. The average molecular weight is 165 g/mol. The summed E-state index contributed by atoms with van der Waals surface area (Å²) in [6.45, 7) is 16.1. The van der Waals surface area contributed by atoms with Crippen LogP contribution in [-0.2, 0) is 0 Å². The Hall–Kier alpha value is -0.850. The molecule has 0 aromatic carbocycles. The maximum absolute atomic E-state index is 4.25. The highest BCUT2D eigenvalue weighted by atomic mass is 14.7. The Morgan fingerprint density at radius 2 is 1.83 bits per heavy atom. The van der Waals surface area contributed by atoms with Gasteiger partial charge in [0, 0.05) is 17.3 Å². The van der Waals surface area contributed by atoms with Crippen LogP contribution >= 0.6 is 0 Å². The molecule has 0 rings (SSSR count). The molecule has 0 spiro atoms. The van der Waals surface area contributed by atoms with Crippen LogP contribution in [0, 0.1) is 5.41 Å². The van der Waals surface area contributed by atoms with Crippen LogP contribution in [0.3, 0.4) is 0 Å². The highest BCUT2D eigenvalue weighted by Gasteiger charge is 2.12. The molecule has 68 valence electrons. The van der Waals surface area contributed by atoms with E-state index in [9.17, 15) is 0 Å². The molecule has 0 amide bonds. The van der Waals surface area contributed by atoms with E-state index in [1.165, 1.54) is 0 Å². The topological polar surface area (TPSA) is 12.4 Å². The molecule has 0 radical (unpaired) electrons. The van der Waals surface area contributed by atoms with E-state index in [-0.39, 0.29) is 5.41 Å². The minimum atomic E-state index is 0.0600. The standard InChI is InChI=1S/C11H19N/c1-7-9(2)8-12-10(3)11(4,5)6/h8H,2-3,7H2,1,4-6H3. The molecule has 0 N–H and O–H groups in total. The maximum Gasteiger partial charge on any atom is 0.0385 e. The number of hydrogen-bond acceptors (Lipinski definition) is 1. The molecule has 0 saturated carbocycles. The van der Waals surface area contributed by atoms with Gasteiger partial charge in [-0.3, -0.25) is 4.99 Å². The first-order valence-corrected chi connectivity index (χ1v) is 4.29. The molecule has 0 aromatic heterocycles. The Kier molecular flexibility index (Phi) is 3.94. The molecule has 0 atom stereocenters. The van der Waals surface area contributed by atoms with Crippen LogP contribution in [0.25, 0.3) is 0 Å². The van der Waals surface area contributed by atoms with Crippen molar-refractivity contribution < 1.29 is 0 Å². The highest BCUT2D eigenvalue weighted by Crippen LogP contribution is 2.23. The maximum atomic E-state index is 4.25. The first-order valence-electron chi connectivity index (χ1n) is 4.29. The zero-order chi connectivity index (χ0) is 9.78. The summed E-state index contributed by atoms with van der Waals surface area (Å²) >= 11 is 0. The van der Waals surface area contributed by atoms with Gasteiger partial charge in [-0.05, 0) is 12.0 Å². The summed E-state index contributed by atoms with van der Waals surface area (Å²) < 4.78 is 0. The molecule has 12 heavy (non-hydrogen) atoms. The molecule has 1 nitrogen and oxygen atoms in total. The van der Waals surface area contributed by atoms with Gasteiger partial charge in [0.25, 0.3) is 0 Å². The second-order valence-electron chi connectivity index (χ2n) is 3.97. The van der Waals surface area contributed by atoms with Crippen molar-refractivity contribution >= 4 is 6.21 Å². The van der Waals surface area contributed by atoms with E-state index in [1.54, 1.807) is 6.21 Å². The first-order chi connectivity index (χ1) is 5.38. The highest BCUT2D eigenvalue weighted by molar-refractivity contribution is 5.78. The molecule has 1 heteroatoms. The summed E-state index contributed by atoms with van der Waals surface area (Å²) in [5.41, 5.74) is 2.00. The number of rotatable bonds is 3. The van der Waals surface area contributed by atoms with Gasteiger partial charge in [0.05, 0.1) is 0 Å². The van der Waals surface area contributed by atoms with Gasteiger partial charge in [0.15, 0.2) is 0 Å². The van der Waals surface area contributed by atoms with Gasteiger partial charge >= 0.3 is 0 Å². The monoisotopic (exact) mass is 165 g/mol. The lowest BCUT2D eigenvalue weighted by atomic mass is 9.93. The number of hydrogen-bond donors (Lipinski definition) is 0. The van der Waals surface area contributed by atoms with Crippen molar-refractivity contribution in [1.29, 1.82) is 0 Å². The molecule has 0 unspecified atom stereocenters. The summed E-state index contributed by atoms with van der Waals surface area (Å²) in [6.07, 6.45) is 2.74. The van der Waals surface area contributed by atoms with Crippen molar-refractivity contribution in [3.8, 4) is 0 Å². The summed E-state index contributed by atoms with van der Waals surface area (Å²) in [5.74, 6) is 0. The van der Waals surface area contributed by atoms with Gasteiger partial charge in [-0.15, -0.1) is 0 Å². The minimum absolute atomic E-state index is 0.0600. The van der Waals surface area contributed by atoms with E-state index < -0.39 is 0 Å². The molecular formula is C11H19N. The third-order valence-corrected chi connectivity index (χ3v) is 1.72. The van der Waals surface area contributed by atoms with E-state index in [4.69, 9.17) is 0 Å². The molecule has 0 aliphatic heterocycles. The van der Waals surface area contributed by atoms with Crippen molar-refractivity contribution in [3.05, 3.63) is 24.4 Å². The normalized spacial score (nSPS) is 12.0. The van der Waals surface area contributed by atoms with Crippen LogP contribution in [-0.4, -0.2) is 6.21 Å². The molecule has 0 aromatic rings. The van der Waals surface area contributed by atoms with E-state index in [0.717, 1.165) is 17.7 Å². The van der Waals surface area contributed by atoms with Gasteiger partial charge in [-0.25, -0.2) is 0 Å². The Morgan fingerprint density at radius 3 is 2.17 bits per heavy atom. The van der Waals surface area contributed by atoms with Crippen molar-refractivity contribution in [3.63, 3.8) is 0 Å². The number of nitrogens with zero attached hydrogens (tertiary/aromatic N) is 1. The van der Waals surface area contributed by atoms with Crippen molar-refractivity contribution in [2.24, 2.45) is 10.4 Å². The van der Waals surface area contributed by atoms with Crippen LogP contribution in [0.1, 0.15) is 34.1 Å². The molecule has 0 bridgehead atoms. The average Bonchev–Trinajstić information content (AvgIpc) is 1.97. The molecule has 0 aliphatic carbocycles. The lowest BCUT2D eigenvalue weighted by Gasteiger charge is -2.17. The SMILES string of the molecule is C=C(C=NC(=C)C(C)(C)C)CC. The van der Waals surface area contributed by atoms with Gasteiger partial charge in [-0.2, -0.15) is 0 Å². The van der Waals surface area contributed by atoms with Crippen molar-refractivity contribution in [2.45, 2.75) is 34.1 Å². The van der Waals surface area contributed by atoms with Gasteiger partial charge in [0.2, 0.25) is 0 Å².